The van der Waals surface area contributed by atoms with Gasteiger partial charge in [-0.3, -0.25) is 9.59 Å². The molecule has 2 aromatic carbocycles. The molecule has 132 valence electrons. The molecular weight excluding hydrogens is 370 g/mol. The molecule has 0 unspecified atom stereocenters. The van der Waals surface area contributed by atoms with Gasteiger partial charge < -0.3 is 10.1 Å². The number of carbonyl (C=O) groups is 2. The maximum Gasteiger partial charge on any atom is 0.265 e. The summed E-state index contributed by atoms with van der Waals surface area (Å²) in [6.45, 7) is 1.69. The maximum absolute atomic E-state index is 12.4. The minimum Gasteiger partial charge on any atom is -0.483 e. The molecule has 0 aliphatic rings. The third kappa shape index (κ3) is 4.50. The highest BCUT2D eigenvalue weighted by atomic mass is 35.5. The maximum atomic E-state index is 12.4. The first-order valence-corrected chi connectivity index (χ1v) is 9.20. The summed E-state index contributed by atoms with van der Waals surface area (Å²) in [7, 11) is 0. The molecule has 0 bridgehead atoms. The van der Waals surface area contributed by atoms with Gasteiger partial charge in [-0.25, -0.2) is 0 Å². The van der Waals surface area contributed by atoms with Crippen LogP contribution in [-0.4, -0.2) is 17.8 Å². The van der Waals surface area contributed by atoms with Gasteiger partial charge in [0.1, 0.15) is 5.75 Å². The summed E-state index contributed by atoms with van der Waals surface area (Å²) in [5, 5.41) is 5.17. The number of carbonyl (C=O) groups excluding carboxylic acids is 2. The zero-order chi connectivity index (χ0) is 18.5. The van der Waals surface area contributed by atoms with Crippen molar-refractivity contribution in [3.63, 3.8) is 0 Å². The van der Waals surface area contributed by atoms with Crippen LogP contribution in [0.2, 0.25) is 5.02 Å². The van der Waals surface area contributed by atoms with E-state index in [0.717, 1.165) is 0 Å². The van der Waals surface area contributed by atoms with Crippen LogP contribution in [-0.2, 0) is 0 Å². The summed E-state index contributed by atoms with van der Waals surface area (Å²) < 4.78 is 5.70. The average molecular weight is 386 g/mol. The van der Waals surface area contributed by atoms with E-state index >= 15 is 0 Å². The zero-order valence-corrected chi connectivity index (χ0v) is 15.5. The van der Waals surface area contributed by atoms with Gasteiger partial charge in [-0.15, -0.1) is 11.3 Å². The van der Waals surface area contributed by atoms with Crippen LogP contribution in [0.15, 0.2) is 66.0 Å². The van der Waals surface area contributed by atoms with Crippen LogP contribution in [0, 0.1) is 0 Å². The van der Waals surface area contributed by atoms with Crippen LogP contribution in [0.3, 0.4) is 0 Å². The van der Waals surface area contributed by atoms with Crippen molar-refractivity contribution in [2.45, 2.75) is 13.0 Å². The molecular formula is C20H16ClNO3S. The van der Waals surface area contributed by atoms with Crippen LogP contribution in [0.1, 0.15) is 27.0 Å². The SMILES string of the molecule is C[C@@H](Oc1ccc(NC(=O)c2cccs2)cc1)C(=O)c1cccc(Cl)c1. The number of Topliss-reactive ketones (excluding diaryl/α,β-unsaturated/α-hetero) is 1. The lowest BCUT2D eigenvalue weighted by atomic mass is 10.1. The Hall–Kier alpha value is -2.63. The lowest BCUT2D eigenvalue weighted by Crippen LogP contribution is -2.23. The van der Waals surface area contributed by atoms with E-state index in [1.807, 2.05) is 11.4 Å². The molecule has 6 heteroatoms. The number of halogens is 1. The molecule has 0 aliphatic heterocycles. The molecule has 4 nitrogen and oxygen atoms in total. The molecule has 0 spiro atoms. The lowest BCUT2D eigenvalue weighted by molar-refractivity contribution is 0.0818. The summed E-state index contributed by atoms with van der Waals surface area (Å²) in [4.78, 5) is 25.1. The van der Waals surface area contributed by atoms with Crippen LogP contribution in [0.25, 0.3) is 0 Å². The fourth-order valence-corrected chi connectivity index (χ4v) is 3.16. The smallest absolute Gasteiger partial charge is 0.265 e. The van der Waals surface area contributed by atoms with Gasteiger partial charge in [0.25, 0.3) is 5.91 Å². The predicted molar refractivity (Wildman–Crippen MR) is 105 cm³/mol. The number of amides is 1. The van der Waals surface area contributed by atoms with Gasteiger partial charge in [0.2, 0.25) is 5.78 Å². The van der Waals surface area contributed by atoms with Crippen molar-refractivity contribution < 1.29 is 14.3 Å². The van der Waals surface area contributed by atoms with E-state index in [0.29, 0.717) is 26.9 Å². The van der Waals surface area contributed by atoms with E-state index in [2.05, 4.69) is 5.32 Å². The first-order chi connectivity index (χ1) is 12.5. The number of nitrogens with one attached hydrogen (secondary N) is 1. The van der Waals surface area contributed by atoms with Gasteiger partial charge in [0, 0.05) is 16.3 Å². The Kier molecular flexibility index (Phi) is 5.71. The Balaban J connectivity index is 1.61. The highest BCUT2D eigenvalue weighted by Crippen LogP contribution is 2.20. The van der Waals surface area contributed by atoms with Crippen molar-refractivity contribution in [2.75, 3.05) is 5.32 Å². The Morgan fingerprint density at radius 2 is 1.85 bits per heavy atom. The lowest BCUT2D eigenvalue weighted by Gasteiger charge is -2.14. The molecule has 3 aromatic rings. The molecule has 0 saturated heterocycles. The second kappa shape index (κ2) is 8.17. The van der Waals surface area contributed by atoms with Crippen molar-refractivity contribution in [1.82, 2.24) is 0 Å². The first kappa shape index (κ1) is 18.2. The average Bonchev–Trinajstić information content (AvgIpc) is 3.17. The van der Waals surface area contributed by atoms with Gasteiger partial charge in [-0.1, -0.05) is 29.8 Å². The Morgan fingerprint density at radius 3 is 2.50 bits per heavy atom. The van der Waals surface area contributed by atoms with Gasteiger partial charge in [0.15, 0.2) is 6.10 Å². The number of benzene rings is 2. The molecule has 1 amide bonds. The second-order valence-corrected chi connectivity index (χ2v) is 6.97. The summed E-state index contributed by atoms with van der Waals surface area (Å²) in [6.07, 6.45) is -0.653. The van der Waals surface area contributed by atoms with E-state index in [9.17, 15) is 9.59 Å². The standard InChI is InChI=1S/C20H16ClNO3S/c1-13(19(23)14-4-2-5-15(21)12-14)25-17-9-7-16(8-10-17)22-20(24)18-6-3-11-26-18/h2-13H,1H3,(H,22,24)/t13-/m1/s1. The van der Waals surface area contributed by atoms with Crippen molar-refractivity contribution in [2.24, 2.45) is 0 Å². The Morgan fingerprint density at radius 1 is 1.08 bits per heavy atom. The molecule has 0 saturated carbocycles. The molecule has 26 heavy (non-hydrogen) atoms. The highest BCUT2D eigenvalue weighted by Gasteiger charge is 2.17. The minimum absolute atomic E-state index is 0.150. The van der Waals surface area contributed by atoms with Crippen molar-refractivity contribution >= 4 is 40.3 Å². The predicted octanol–water partition coefficient (Wildman–Crippen LogP) is 5.30. The fraction of sp³-hybridized carbons (Fsp3) is 0.100. The van der Waals surface area contributed by atoms with E-state index in [4.69, 9.17) is 16.3 Å². The topological polar surface area (TPSA) is 55.4 Å². The minimum atomic E-state index is -0.653. The van der Waals surface area contributed by atoms with E-state index in [1.165, 1.54) is 11.3 Å². The van der Waals surface area contributed by atoms with Gasteiger partial charge in [-0.05, 0) is 54.8 Å². The normalized spacial score (nSPS) is 11.6. The van der Waals surface area contributed by atoms with Crippen LogP contribution < -0.4 is 10.1 Å². The van der Waals surface area contributed by atoms with E-state index in [1.54, 1.807) is 61.5 Å². The largest absolute Gasteiger partial charge is 0.483 e. The molecule has 1 N–H and O–H groups in total. The molecule has 3 rings (SSSR count). The van der Waals surface area contributed by atoms with E-state index in [-0.39, 0.29) is 11.7 Å². The monoisotopic (exact) mass is 385 g/mol. The number of thiophene rings is 1. The Bertz CT molecular complexity index is 907. The van der Waals surface area contributed by atoms with Crippen LogP contribution in [0.5, 0.6) is 5.75 Å². The quantitative estimate of drug-likeness (QED) is 0.585. The number of hydrogen-bond acceptors (Lipinski definition) is 4. The van der Waals surface area contributed by atoms with Crippen molar-refractivity contribution in [3.8, 4) is 5.75 Å². The van der Waals surface area contributed by atoms with Gasteiger partial charge in [-0.2, -0.15) is 0 Å². The third-order valence-corrected chi connectivity index (χ3v) is 4.75. The second-order valence-electron chi connectivity index (χ2n) is 5.59. The molecule has 0 fully saturated rings. The van der Waals surface area contributed by atoms with Crippen molar-refractivity contribution in [1.29, 1.82) is 0 Å². The van der Waals surface area contributed by atoms with Gasteiger partial charge >= 0.3 is 0 Å². The number of anilines is 1. The number of ether oxygens (including phenoxy) is 1. The fourth-order valence-electron chi connectivity index (χ4n) is 2.35. The number of rotatable bonds is 6. The third-order valence-electron chi connectivity index (χ3n) is 3.65. The summed E-state index contributed by atoms with van der Waals surface area (Å²) in [6, 6.07) is 17.3. The molecule has 1 atom stereocenters. The van der Waals surface area contributed by atoms with E-state index < -0.39 is 6.10 Å². The first-order valence-electron chi connectivity index (χ1n) is 7.94. The Labute approximate surface area is 160 Å². The molecule has 0 aliphatic carbocycles. The van der Waals surface area contributed by atoms with Crippen LogP contribution in [0.4, 0.5) is 5.69 Å². The zero-order valence-electron chi connectivity index (χ0n) is 13.9. The molecule has 0 radical (unpaired) electrons. The molecule has 1 aromatic heterocycles. The number of hydrogen-bond donors (Lipinski definition) is 1. The summed E-state index contributed by atoms with van der Waals surface area (Å²) in [5.41, 5.74) is 1.16. The highest BCUT2D eigenvalue weighted by molar-refractivity contribution is 7.12. The van der Waals surface area contributed by atoms with Crippen molar-refractivity contribution in [3.05, 3.63) is 81.5 Å². The summed E-state index contributed by atoms with van der Waals surface area (Å²) in [5.74, 6) is 0.239. The van der Waals surface area contributed by atoms with Gasteiger partial charge in [0.05, 0.1) is 4.88 Å². The molecule has 1 heterocycles. The summed E-state index contributed by atoms with van der Waals surface area (Å²) >= 11 is 7.30. The number of ketones is 1. The van der Waals surface area contributed by atoms with Crippen LogP contribution >= 0.6 is 22.9 Å².